The number of hydrogen-bond acceptors (Lipinski definition) is 8. The second-order valence-corrected chi connectivity index (χ2v) is 10.2. The minimum Gasteiger partial charge on any atom is -0.463 e. The predicted octanol–water partition coefficient (Wildman–Crippen LogP) is 6.52. The molecule has 8 heteroatoms. The molecular weight excluding hydrogens is 500 g/mol. The largest absolute Gasteiger partial charge is 0.463 e. The molecule has 0 saturated carbocycles. The van der Waals surface area contributed by atoms with Gasteiger partial charge in [0, 0.05) is 6.42 Å². The van der Waals surface area contributed by atoms with Gasteiger partial charge in [0.15, 0.2) is 0 Å². The Hall–Kier alpha value is -0.770. The lowest BCUT2D eigenvalue weighted by Gasteiger charge is -2.09. The summed E-state index contributed by atoms with van der Waals surface area (Å²) in [7, 11) is 0. The molecule has 39 heavy (non-hydrogen) atoms. The van der Waals surface area contributed by atoms with E-state index in [9.17, 15) is 4.79 Å². The van der Waals surface area contributed by atoms with Crippen LogP contribution in [0.5, 0.6) is 0 Å². The Morgan fingerprint density at radius 1 is 0.462 bits per heavy atom. The third-order valence-corrected chi connectivity index (χ3v) is 6.14. The summed E-state index contributed by atoms with van der Waals surface area (Å²) in [6, 6.07) is 0. The molecule has 0 radical (unpaired) electrons. The summed E-state index contributed by atoms with van der Waals surface area (Å²) in [4.78, 5) is 11.8. The van der Waals surface area contributed by atoms with Crippen LogP contribution >= 0.6 is 0 Å². The Labute approximate surface area is 240 Å². The van der Waals surface area contributed by atoms with Crippen molar-refractivity contribution in [1.29, 1.82) is 0 Å². The molecule has 0 rings (SSSR count). The first-order valence-corrected chi connectivity index (χ1v) is 15.8. The highest BCUT2D eigenvalue weighted by Gasteiger charge is 2.03. The topological polar surface area (TPSA) is 81.7 Å². The number of ether oxygens (including phenoxy) is 7. The highest BCUT2D eigenvalue weighted by atomic mass is 16.6. The molecule has 0 atom stereocenters. The third-order valence-electron chi connectivity index (χ3n) is 6.14. The molecule has 234 valence electrons. The lowest BCUT2D eigenvalue weighted by Crippen LogP contribution is -2.15. The lowest BCUT2D eigenvalue weighted by atomic mass is 10.0. The van der Waals surface area contributed by atoms with Crippen molar-refractivity contribution < 1.29 is 38.0 Å². The molecule has 0 bridgehead atoms. The standard InChI is InChI=1S/C31H62O8/c1-4-5-6-7-8-9-10-11-12-13-14-15-16-17-31(32)39-29-27-37-25-23-35-21-19-33-18-20-34-22-24-36-26-28-38-30(2)3/h30H,4-29H2,1-3H3. The first-order chi connectivity index (χ1) is 19.2. The van der Waals surface area contributed by atoms with Gasteiger partial charge in [-0.25, -0.2) is 0 Å². The van der Waals surface area contributed by atoms with Gasteiger partial charge in [-0.2, -0.15) is 0 Å². The van der Waals surface area contributed by atoms with E-state index in [0.717, 1.165) is 12.8 Å². The number of carbonyl (C=O) groups is 1. The average Bonchev–Trinajstić information content (AvgIpc) is 2.92. The van der Waals surface area contributed by atoms with E-state index in [1.807, 2.05) is 13.8 Å². The third kappa shape index (κ3) is 35.2. The summed E-state index contributed by atoms with van der Waals surface area (Å²) in [5.41, 5.74) is 0. The quantitative estimate of drug-likeness (QED) is 0.0661. The van der Waals surface area contributed by atoms with E-state index in [2.05, 4.69) is 6.92 Å². The molecule has 0 aromatic rings. The molecule has 0 aliphatic rings. The second kappa shape index (κ2) is 33.4. The number of esters is 1. The SMILES string of the molecule is CCCCCCCCCCCCCCCC(=O)OCCOCCOCCOCCOCCOCCOC(C)C. The Morgan fingerprint density at radius 3 is 1.18 bits per heavy atom. The normalized spacial score (nSPS) is 11.5. The van der Waals surface area contributed by atoms with Crippen LogP contribution in [0.25, 0.3) is 0 Å². The van der Waals surface area contributed by atoms with E-state index in [-0.39, 0.29) is 12.1 Å². The number of hydrogen-bond donors (Lipinski definition) is 0. The smallest absolute Gasteiger partial charge is 0.305 e. The summed E-state index contributed by atoms with van der Waals surface area (Å²) in [5.74, 6) is -0.122. The van der Waals surface area contributed by atoms with Gasteiger partial charge in [0.1, 0.15) is 6.61 Å². The van der Waals surface area contributed by atoms with Gasteiger partial charge in [-0.05, 0) is 20.3 Å². The molecule has 0 aromatic carbocycles. The van der Waals surface area contributed by atoms with E-state index in [4.69, 9.17) is 33.2 Å². The number of carbonyl (C=O) groups excluding carboxylic acids is 1. The first-order valence-electron chi connectivity index (χ1n) is 15.8. The van der Waals surface area contributed by atoms with Gasteiger partial charge < -0.3 is 33.2 Å². The van der Waals surface area contributed by atoms with Crippen LogP contribution in [0.15, 0.2) is 0 Å². The Bertz CT molecular complexity index is 476. The van der Waals surface area contributed by atoms with Crippen LogP contribution in [0.1, 0.15) is 111 Å². The Balaban J connectivity index is 3.14. The maximum atomic E-state index is 11.8. The van der Waals surface area contributed by atoms with E-state index >= 15 is 0 Å². The van der Waals surface area contributed by atoms with Crippen LogP contribution in [0.2, 0.25) is 0 Å². The number of unbranched alkanes of at least 4 members (excludes halogenated alkanes) is 12. The van der Waals surface area contributed by atoms with Crippen LogP contribution in [0.3, 0.4) is 0 Å². The summed E-state index contributed by atoms with van der Waals surface area (Å²) < 4.78 is 37.8. The molecule has 0 heterocycles. The van der Waals surface area contributed by atoms with Gasteiger partial charge in [-0.1, -0.05) is 84.0 Å². The van der Waals surface area contributed by atoms with Crippen molar-refractivity contribution in [2.24, 2.45) is 0 Å². The zero-order valence-electron chi connectivity index (χ0n) is 25.7. The molecular formula is C31H62O8. The maximum Gasteiger partial charge on any atom is 0.305 e. The molecule has 0 N–H and O–H groups in total. The van der Waals surface area contributed by atoms with Crippen molar-refractivity contribution in [1.82, 2.24) is 0 Å². The summed E-state index contributed by atoms with van der Waals surface area (Å²) in [6.07, 6.45) is 17.7. The van der Waals surface area contributed by atoms with Crippen molar-refractivity contribution in [3.8, 4) is 0 Å². The van der Waals surface area contributed by atoms with Crippen molar-refractivity contribution in [3.63, 3.8) is 0 Å². The minimum atomic E-state index is -0.122. The predicted molar refractivity (Wildman–Crippen MR) is 156 cm³/mol. The fourth-order valence-electron chi connectivity index (χ4n) is 3.90. The van der Waals surface area contributed by atoms with Gasteiger partial charge in [0.05, 0.1) is 78.8 Å². The van der Waals surface area contributed by atoms with E-state index in [1.165, 1.54) is 70.6 Å². The second-order valence-electron chi connectivity index (χ2n) is 10.2. The molecule has 0 aromatic heterocycles. The van der Waals surface area contributed by atoms with Crippen LogP contribution < -0.4 is 0 Å². The average molecular weight is 563 g/mol. The fraction of sp³-hybridized carbons (Fsp3) is 0.968. The van der Waals surface area contributed by atoms with Crippen LogP contribution in [0, 0.1) is 0 Å². The van der Waals surface area contributed by atoms with E-state index in [1.54, 1.807) is 0 Å². The highest BCUT2D eigenvalue weighted by Crippen LogP contribution is 2.13. The van der Waals surface area contributed by atoms with Crippen molar-refractivity contribution in [2.45, 2.75) is 117 Å². The van der Waals surface area contributed by atoms with Gasteiger partial charge in [0.25, 0.3) is 0 Å². The van der Waals surface area contributed by atoms with E-state index < -0.39 is 0 Å². The van der Waals surface area contributed by atoms with Gasteiger partial charge >= 0.3 is 5.97 Å². The zero-order valence-corrected chi connectivity index (χ0v) is 25.7. The van der Waals surface area contributed by atoms with Crippen LogP contribution in [0.4, 0.5) is 0 Å². The van der Waals surface area contributed by atoms with E-state index in [0.29, 0.717) is 85.7 Å². The summed E-state index contributed by atoms with van der Waals surface area (Å²) in [5, 5.41) is 0. The molecule has 0 fully saturated rings. The fourth-order valence-corrected chi connectivity index (χ4v) is 3.90. The monoisotopic (exact) mass is 562 g/mol. The summed E-state index contributed by atoms with van der Waals surface area (Å²) >= 11 is 0. The molecule has 0 spiro atoms. The van der Waals surface area contributed by atoms with Gasteiger partial charge in [-0.3, -0.25) is 4.79 Å². The Kier molecular flexibility index (Phi) is 32.8. The molecule has 0 aliphatic carbocycles. The van der Waals surface area contributed by atoms with Gasteiger partial charge in [0.2, 0.25) is 0 Å². The first kappa shape index (κ1) is 38.2. The summed E-state index contributed by atoms with van der Waals surface area (Å²) in [6.45, 7) is 12.3. The van der Waals surface area contributed by atoms with Crippen LogP contribution in [-0.4, -0.2) is 91.4 Å². The van der Waals surface area contributed by atoms with Crippen molar-refractivity contribution in [2.75, 3.05) is 79.3 Å². The molecule has 0 saturated heterocycles. The molecule has 8 nitrogen and oxygen atoms in total. The molecule has 0 unspecified atom stereocenters. The number of rotatable bonds is 33. The Morgan fingerprint density at radius 2 is 0.795 bits per heavy atom. The zero-order chi connectivity index (χ0) is 28.5. The van der Waals surface area contributed by atoms with Gasteiger partial charge in [-0.15, -0.1) is 0 Å². The maximum absolute atomic E-state index is 11.8. The van der Waals surface area contributed by atoms with Crippen LogP contribution in [-0.2, 0) is 38.0 Å². The van der Waals surface area contributed by atoms with Crippen molar-refractivity contribution >= 4 is 5.97 Å². The highest BCUT2D eigenvalue weighted by molar-refractivity contribution is 5.69. The molecule has 0 aliphatic heterocycles. The lowest BCUT2D eigenvalue weighted by molar-refractivity contribution is -0.145. The van der Waals surface area contributed by atoms with Crippen molar-refractivity contribution in [3.05, 3.63) is 0 Å². The molecule has 0 amide bonds. The minimum absolute atomic E-state index is 0.122.